The van der Waals surface area contributed by atoms with Crippen molar-refractivity contribution in [1.29, 1.82) is 0 Å². The van der Waals surface area contributed by atoms with E-state index in [9.17, 15) is 0 Å². The van der Waals surface area contributed by atoms with Crippen molar-refractivity contribution in [2.45, 2.75) is 13.8 Å². The summed E-state index contributed by atoms with van der Waals surface area (Å²) in [5.74, 6) is 0. The van der Waals surface area contributed by atoms with E-state index in [1.165, 1.54) is 0 Å². The van der Waals surface area contributed by atoms with Gasteiger partial charge in [-0.05, 0) is 37.6 Å². The molecule has 0 spiro atoms. The first-order chi connectivity index (χ1) is 12.6. The molecule has 0 bridgehead atoms. The molecular formula is C20H20N6. The minimum Gasteiger partial charge on any atom is -0.391 e. The fraction of sp³-hybridized carbons (Fsp3) is 0.150. The highest BCUT2D eigenvalue weighted by Crippen LogP contribution is 2.31. The number of hydrogen-bond donors (Lipinski definition) is 2. The Bertz CT molecular complexity index is 1160. The van der Waals surface area contributed by atoms with Crippen molar-refractivity contribution in [3.8, 4) is 11.3 Å². The van der Waals surface area contributed by atoms with Crippen LogP contribution in [0.25, 0.3) is 33.5 Å². The number of imidazole rings is 1. The molecule has 0 aromatic carbocycles. The maximum atomic E-state index is 4.65. The number of hydrogen-bond acceptors (Lipinski definition) is 4. The normalized spacial score (nSPS) is 12.4. The Morgan fingerprint density at radius 1 is 1.23 bits per heavy atom. The zero-order valence-electron chi connectivity index (χ0n) is 15.0. The first-order valence-electron chi connectivity index (χ1n) is 8.41. The number of nitrogens with zero attached hydrogens (tertiary/aromatic N) is 4. The van der Waals surface area contributed by atoms with Gasteiger partial charge in [0.25, 0.3) is 0 Å². The number of aromatic nitrogens is 5. The van der Waals surface area contributed by atoms with E-state index in [0.29, 0.717) is 0 Å². The molecule has 6 heteroatoms. The fourth-order valence-electron chi connectivity index (χ4n) is 3.22. The average molecular weight is 344 g/mol. The summed E-state index contributed by atoms with van der Waals surface area (Å²) in [6.07, 6.45) is 7.41. The van der Waals surface area contributed by atoms with Crippen molar-refractivity contribution in [3.05, 3.63) is 66.4 Å². The molecule has 26 heavy (non-hydrogen) atoms. The van der Waals surface area contributed by atoms with Gasteiger partial charge >= 0.3 is 0 Å². The Balaban J connectivity index is 1.91. The van der Waals surface area contributed by atoms with Crippen molar-refractivity contribution in [3.63, 3.8) is 0 Å². The van der Waals surface area contributed by atoms with Gasteiger partial charge in [0.15, 0.2) is 5.65 Å². The SMILES string of the molecule is C=C(C)/C(=C(/C)NC)c1cnc2[nH]cc(-c3ccc4nccn4n3)c2c1. The van der Waals surface area contributed by atoms with E-state index in [2.05, 4.69) is 38.0 Å². The molecule has 0 radical (unpaired) electrons. The summed E-state index contributed by atoms with van der Waals surface area (Å²) < 4.78 is 1.77. The lowest BCUT2D eigenvalue weighted by Crippen LogP contribution is -2.06. The van der Waals surface area contributed by atoms with Crippen LogP contribution in [0.4, 0.5) is 0 Å². The van der Waals surface area contributed by atoms with Gasteiger partial charge in [-0.15, -0.1) is 0 Å². The van der Waals surface area contributed by atoms with Gasteiger partial charge in [0.1, 0.15) is 5.65 Å². The monoisotopic (exact) mass is 344 g/mol. The molecule has 4 aromatic rings. The van der Waals surface area contributed by atoms with Crippen molar-refractivity contribution in [2.75, 3.05) is 7.05 Å². The molecule has 0 saturated heterocycles. The van der Waals surface area contributed by atoms with Crippen LogP contribution in [0, 0.1) is 0 Å². The minimum absolute atomic E-state index is 0.824. The summed E-state index contributed by atoms with van der Waals surface area (Å²) in [5, 5.41) is 8.89. The van der Waals surface area contributed by atoms with E-state index in [0.717, 1.165) is 50.3 Å². The number of allylic oxidation sites excluding steroid dienone is 3. The lowest BCUT2D eigenvalue weighted by Gasteiger charge is -2.12. The molecular weight excluding hydrogens is 324 g/mol. The number of rotatable bonds is 4. The largest absolute Gasteiger partial charge is 0.391 e. The first-order valence-corrected chi connectivity index (χ1v) is 8.41. The Hall–Kier alpha value is -3.41. The molecule has 4 aromatic heterocycles. The quantitative estimate of drug-likeness (QED) is 0.553. The average Bonchev–Trinajstić information content (AvgIpc) is 3.26. The van der Waals surface area contributed by atoms with Gasteiger partial charge in [-0.3, -0.25) is 0 Å². The predicted octanol–water partition coefficient (Wildman–Crippen LogP) is 3.80. The van der Waals surface area contributed by atoms with Crippen molar-refractivity contribution < 1.29 is 0 Å². The maximum absolute atomic E-state index is 4.65. The highest BCUT2D eigenvalue weighted by molar-refractivity contribution is 5.95. The van der Waals surface area contributed by atoms with Gasteiger partial charge in [-0.25, -0.2) is 14.5 Å². The van der Waals surface area contributed by atoms with Crippen LogP contribution in [-0.4, -0.2) is 31.6 Å². The van der Waals surface area contributed by atoms with Crippen molar-refractivity contribution in [2.24, 2.45) is 0 Å². The fourth-order valence-corrected chi connectivity index (χ4v) is 3.22. The number of aromatic amines is 1. The zero-order valence-corrected chi connectivity index (χ0v) is 15.0. The molecule has 0 saturated carbocycles. The second-order valence-electron chi connectivity index (χ2n) is 6.30. The number of fused-ring (bicyclic) bond motifs is 2. The van der Waals surface area contributed by atoms with Crippen LogP contribution in [0.5, 0.6) is 0 Å². The van der Waals surface area contributed by atoms with E-state index in [1.54, 1.807) is 10.7 Å². The zero-order chi connectivity index (χ0) is 18.3. The summed E-state index contributed by atoms with van der Waals surface area (Å²) >= 11 is 0. The van der Waals surface area contributed by atoms with Crippen LogP contribution in [0.2, 0.25) is 0 Å². The Labute approximate surface area is 151 Å². The summed E-state index contributed by atoms with van der Waals surface area (Å²) in [6, 6.07) is 6.08. The second kappa shape index (κ2) is 6.15. The standard InChI is InChI=1S/C20H20N6/c1-12(2)19(13(3)21-4)14-9-15-16(11-24-20(15)23-10-14)17-5-6-18-22-7-8-26(18)25-17/h5-11,21H,1H2,2-4H3,(H,23,24)/b19-13+. The van der Waals surface area contributed by atoms with Crippen LogP contribution < -0.4 is 5.32 Å². The topological polar surface area (TPSA) is 70.9 Å². The number of pyridine rings is 1. The molecule has 130 valence electrons. The first kappa shape index (κ1) is 16.1. The second-order valence-corrected chi connectivity index (χ2v) is 6.30. The molecule has 2 N–H and O–H groups in total. The predicted molar refractivity (Wildman–Crippen MR) is 105 cm³/mol. The summed E-state index contributed by atoms with van der Waals surface area (Å²) in [5.41, 5.74) is 7.69. The van der Waals surface area contributed by atoms with Crippen LogP contribution in [0.1, 0.15) is 19.4 Å². The van der Waals surface area contributed by atoms with Crippen LogP contribution in [0.3, 0.4) is 0 Å². The van der Waals surface area contributed by atoms with E-state index in [1.807, 2.05) is 51.6 Å². The number of nitrogens with one attached hydrogen (secondary N) is 2. The lowest BCUT2D eigenvalue weighted by molar-refractivity contribution is 0.943. The molecule has 0 aliphatic heterocycles. The molecule has 0 amide bonds. The molecule has 6 nitrogen and oxygen atoms in total. The molecule has 0 atom stereocenters. The van der Waals surface area contributed by atoms with E-state index >= 15 is 0 Å². The van der Waals surface area contributed by atoms with Crippen LogP contribution >= 0.6 is 0 Å². The highest BCUT2D eigenvalue weighted by atomic mass is 15.2. The number of H-pyrrole nitrogens is 1. The van der Waals surface area contributed by atoms with Gasteiger partial charge in [-0.2, -0.15) is 5.10 Å². The smallest absolute Gasteiger partial charge is 0.153 e. The van der Waals surface area contributed by atoms with Gasteiger partial charge < -0.3 is 10.3 Å². The molecule has 4 heterocycles. The third kappa shape index (κ3) is 2.56. The van der Waals surface area contributed by atoms with E-state index in [-0.39, 0.29) is 0 Å². The molecule has 0 unspecified atom stereocenters. The molecule has 0 fully saturated rings. The van der Waals surface area contributed by atoms with Gasteiger partial charge in [0, 0.05) is 59.6 Å². The highest BCUT2D eigenvalue weighted by Gasteiger charge is 2.13. The Morgan fingerprint density at radius 2 is 2.08 bits per heavy atom. The van der Waals surface area contributed by atoms with Crippen molar-refractivity contribution >= 4 is 22.3 Å². The third-order valence-corrected chi connectivity index (χ3v) is 4.53. The van der Waals surface area contributed by atoms with Gasteiger partial charge in [0.05, 0.1) is 5.69 Å². The summed E-state index contributed by atoms with van der Waals surface area (Å²) in [7, 11) is 1.91. The molecule has 4 rings (SSSR count). The summed E-state index contributed by atoms with van der Waals surface area (Å²) in [4.78, 5) is 12.1. The molecule has 0 aliphatic carbocycles. The molecule has 0 aliphatic rings. The van der Waals surface area contributed by atoms with Crippen molar-refractivity contribution in [1.82, 2.24) is 29.9 Å². The van der Waals surface area contributed by atoms with Crippen LogP contribution in [-0.2, 0) is 0 Å². The van der Waals surface area contributed by atoms with Crippen LogP contribution in [0.15, 0.2) is 60.8 Å². The summed E-state index contributed by atoms with van der Waals surface area (Å²) in [6.45, 7) is 8.17. The lowest BCUT2D eigenvalue weighted by atomic mass is 9.98. The Kier molecular flexibility index (Phi) is 3.80. The maximum Gasteiger partial charge on any atom is 0.153 e. The van der Waals surface area contributed by atoms with E-state index < -0.39 is 0 Å². The Morgan fingerprint density at radius 3 is 2.85 bits per heavy atom. The minimum atomic E-state index is 0.824. The van der Waals surface area contributed by atoms with E-state index in [4.69, 9.17) is 0 Å². The van der Waals surface area contributed by atoms with Gasteiger partial charge in [0.2, 0.25) is 0 Å². The third-order valence-electron chi connectivity index (χ3n) is 4.53. The van der Waals surface area contributed by atoms with Gasteiger partial charge in [-0.1, -0.05) is 6.58 Å².